The van der Waals surface area contributed by atoms with Crippen molar-refractivity contribution >= 4 is 5.69 Å². The van der Waals surface area contributed by atoms with E-state index < -0.39 is 6.10 Å². The van der Waals surface area contributed by atoms with Crippen molar-refractivity contribution in [3.05, 3.63) is 60.2 Å². The number of nitrogens with one attached hydrogen (secondary N) is 1. The molecular weight excluding hydrogens is 238 g/mol. The Kier molecular flexibility index (Phi) is 4.42. The molecule has 0 aliphatic heterocycles. The summed E-state index contributed by atoms with van der Waals surface area (Å²) < 4.78 is 5.11. The number of methoxy groups -OCH3 is 1. The van der Waals surface area contributed by atoms with Crippen molar-refractivity contribution in [3.8, 4) is 5.75 Å². The van der Waals surface area contributed by atoms with Gasteiger partial charge in [-0.05, 0) is 36.8 Å². The molecule has 100 valence electrons. The maximum absolute atomic E-state index is 10.3. The highest BCUT2D eigenvalue weighted by molar-refractivity contribution is 5.47. The van der Waals surface area contributed by atoms with Crippen molar-refractivity contribution < 1.29 is 9.84 Å². The molecule has 2 N–H and O–H groups in total. The first kappa shape index (κ1) is 13.4. The highest BCUT2D eigenvalue weighted by atomic mass is 16.5. The summed E-state index contributed by atoms with van der Waals surface area (Å²) in [6, 6.07) is 17.2. The molecule has 0 unspecified atom stereocenters. The first-order valence-electron chi connectivity index (χ1n) is 6.34. The fourth-order valence-corrected chi connectivity index (χ4v) is 1.97. The summed E-state index contributed by atoms with van der Waals surface area (Å²) in [5.41, 5.74) is 1.87. The van der Waals surface area contributed by atoms with E-state index in [4.69, 9.17) is 4.74 Å². The lowest BCUT2D eigenvalue weighted by molar-refractivity contribution is 0.161. The van der Waals surface area contributed by atoms with Gasteiger partial charge in [0.15, 0.2) is 0 Å². The van der Waals surface area contributed by atoms with Gasteiger partial charge in [-0.25, -0.2) is 0 Å². The van der Waals surface area contributed by atoms with Crippen LogP contribution in [0.2, 0.25) is 0 Å². The van der Waals surface area contributed by atoms with E-state index in [1.165, 1.54) is 0 Å². The molecule has 0 aromatic heterocycles. The van der Waals surface area contributed by atoms with Gasteiger partial charge in [0.2, 0.25) is 0 Å². The minimum absolute atomic E-state index is 0.0733. The Morgan fingerprint density at radius 3 is 2.21 bits per heavy atom. The molecule has 2 aromatic carbocycles. The fourth-order valence-electron chi connectivity index (χ4n) is 1.97. The van der Waals surface area contributed by atoms with Crippen molar-refractivity contribution in [2.45, 2.75) is 19.1 Å². The van der Waals surface area contributed by atoms with E-state index in [9.17, 15) is 5.11 Å². The molecule has 0 amide bonds. The Morgan fingerprint density at radius 2 is 1.63 bits per heavy atom. The van der Waals surface area contributed by atoms with Gasteiger partial charge in [0.25, 0.3) is 0 Å². The highest BCUT2D eigenvalue weighted by Gasteiger charge is 2.15. The molecule has 0 saturated carbocycles. The van der Waals surface area contributed by atoms with Crippen LogP contribution in [-0.4, -0.2) is 18.3 Å². The molecule has 0 bridgehead atoms. The van der Waals surface area contributed by atoms with Crippen LogP contribution in [0.1, 0.15) is 18.6 Å². The minimum atomic E-state index is -0.539. The Hall–Kier alpha value is -2.00. The van der Waals surface area contributed by atoms with Crippen LogP contribution < -0.4 is 10.1 Å². The number of aliphatic hydroxyl groups excluding tert-OH is 1. The van der Waals surface area contributed by atoms with Crippen LogP contribution in [-0.2, 0) is 0 Å². The second-order valence-electron chi connectivity index (χ2n) is 4.52. The lowest BCUT2D eigenvalue weighted by Gasteiger charge is -2.21. The third-order valence-corrected chi connectivity index (χ3v) is 3.10. The number of rotatable bonds is 5. The van der Waals surface area contributed by atoms with E-state index >= 15 is 0 Å². The summed E-state index contributed by atoms with van der Waals surface area (Å²) in [6.07, 6.45) is -0.539. The zero-order valence-corrected chi connectivity index (χ0v) is 11.2. The van der Waals surface area contributed by atoms with E-state index in [2.05, 4.69) is 5.32 Å². The molecule has 0 spiro atoms. The first-order valence-corrected chi connectivity index (χ1v) is 6.34. The van der Waals surface area contributed by atoms with E-state index in [1.807, 2.05) is 61.5 Å². The Labute approximate surface area is 113 Å². The summed E-state index contributed by atoms with van der Waals surface area (Å²) in [5, 5.41) is 13.5. The number of hydrogen-bond acceptors (Lipinski definition) is 3. The Bertz CT molecular complexity index is 496. The quantitative estimate of drug-likeness (QED) is 0.864. The Morgan fingerprint density at radius 1 is 1.00 bits per heavy atom. The maximum Gasteiger partial charge on any atom is 0.119 e. The SMILES string of the molecule is COc1ccc(N[C@H](C)[C@@H](O)c2ccccc2)cc1. The Balaban J connectivity index is 2.01. The molecule has 0 radical (unpaired) electrons. The van der Waals surface area contributed by atoms with Crippen molar-refractivity contribution in [3.63, 3.8) is 0 Å². The van der Waals surface area contributed by atoms with E-state index in [1.54, 1.807) is 7.11 Å². The van der Waals surface area contributed by atoms with Crippen molar-refractivity contribution in [2.24, 2.45) is 0 Å². The van der Waals surface area contributed by atoms with Crippen LogP contribution in [0, 0.1) is 0 Å². The van der Waals surface area contributed by atoms with Gasteiger partial charge in [0, 0.05) is 5.69 Å². The van der Waals surface area contributed by atoms with Crippen LogP contribution in [0.5, 0.6) is 5.75 Å². The molecule has 0 aliphatic rings. The van der Waals surface area contributed by atoms with Crippen molar-refractivity contribution in [1.29, 1.82) is 0 Å². The zero-order valence-electron chi connectivity index (χ0n) is 11.2. The predicted molar refractivity (Wildman–Crippen MR) is 77.5 cm³/mol. The summed E-state index contributed by atoms with van der Waals surface area (Å²) >= 11 is 0. The van der Waals surface area contributed by atoms with Gasteiger partial charge in [-0.3, -0.25) is 0 Å². The molecular formula is C16H19NO2. The average molecular weight is 257 g/mol. The molecule has 0 aliphatic carbocycles. The summed E-state index contributed by atoms with van der Waals surface area (Å²) in [4.78, 5) is 0. The third-order valence-electron chi connectivity index (χ3n) is 3.10. The lowest BCUT2D eigenvalue weighted by Crippen LogP contribution is -2.23. The van der Waals surface area contributed by atoms with E-state index in [0.717, 1.165) is 17.0 Å². The van der Waals surface area contributed by atoms with Gasteiger partial charge >= 0.3 is 0 Å². The predicted octanol–water partition coefficient (Wildman–Crippen LogP) is 3.23. The molecule has 3 nitrogen and oxygen atoms in total. The summed E-state index contributed by atoms with van der Waals surface area (Å²) in [5.74, 6) is 0.821. The summed E-state index contributed by atoms with van der Waals surface area (Å²) in [7, 11) is 1.64. The fraction of sp³-hybridized carbons (Fsp3) is 0.250. The van der Waals surface area contributed by atoms with Crippen LogP contribution in [0.25, 0.3) is 0 Å². The number of benzene rings is 2. The van der Waals surface area contributed by atoms with Crippen molar-refractivity contribution in [1.82, 2.24) is 0 Å². The first-order chi connectivity index (χ1) is 9.20. The average Bonchev–Trinajstić information content (AvgIpc) is 2.48. The van der Waals surface area contributed by atoms with Gasteiger partial charge in [0.1, 0.15) is 5.75 Å². The van der Waals surface area contributed by atoms with E-state index in [-0.39, 0.29) is 6.04 Å². The molecule has 2 aromatic rings. The number of ether oxygens (including phenoxy) is 1. The van der Waals surface area contributed by atoms with Crippen LogP contribution >= 0.6 is 0 Å². The highest BCUT2D eigenvalue weighted by Crippen LogP contribution is 2.21. The maximum atomic E-state index is 10.3. The van der Waals surface area contributed by atoms with Gasteiger partial charge < -0.3 is 15.2 Å². The van der Waals surface area contributed by atoms with Crippen LogP contribution in [0.15, 0.2) is 54.6 Å². The van der Waals surface area contributed by atoms with Crippen molar-refractivity contribution in [2.75, 3.05) is 12.4 Å². The number of aliphatic hydroxyl groups is 1. The number of hydrogen-bond donors (Lipinski definition) is 2. The standard InChI is InChI=1S/C16H19NO2/c1-12(16(18)13-6-4-3-5-7-13)17-14-8-10-15(19-2)11-9-14/h3-12,16-18H,1-2H3/t12-,16-/m1/s1. The topological polar surface area (TPSA) is 41.5 Å². The molecule has 19 heavy (non-hydrogen) atoms. The zero-order chi connectivity index (χ0) is 13.7. The lowest BCUT2D eigenvalue weighted by atomic mass is 10.0. The monoisotopic (exact) mass is 257 g/mol. The minimum Gasteiger partial charge on any atom is -0.497 e. The smallest absolute Gasteiger partial charge is 0.119 e. The second-order valence-corrected chi connectivity index (χ2v) is 4.52. The molecule has 2 atom stereocenters. The molecule has 3 heteroatoms. The van der Waals surface area contributed by atoms with E-state index in [0.29, 0.717) is 0 Å². The molecule has 0 heterocycles. The summed E-state index contributed by atoms with van der Waals surface area (Å²) in [6.45, 7) is 1.96. The van der Waals surface area contributed by atoms with Gasteiger partial charge in [0.05, 0.1) is 19.3 Å². The molecule has 2 rings (SSSR count). The van der Waals surface area contributed by atoms with Crippen LogP contribution in [0.4, 0.5) is 5.69 Å². The largest absolute Gasteiger partial charge is 0.497 e. The van der Waals surface area contributed by atoms with Crippen LogP contribution in [0.3, 0.4) is 0 Å². The molecule has 0 saturated heterocycles. The van der Waals surface area contributed by atoms with Gasteiger partial charge in [-0.15, -0.1) is 0 Å². The van der Waals surface area contributed by atoms with Gasteiger partial charge in [-0.2, -0.15) is 0 Å². The normalized spacial score (nSPS) is 13.6. The second kappa shape index (κ2) is 6.25. The van der Waals surface area contributed by atoms with Gasteiger partial charge in [-0.1, -0.05) is 30.3 Å². The number of anilines is 1. The molecule has 0 fully saturated rings. The third kappa shape index (κ3) is 3.48.